The van der Waals surface area contributed by atoms with Crippen LogP contribution in [-0.4, -0.2) is 51.4 Å². The van der Waals surface area contributed by atoms with Crippen molar-refractivity contribution in [3.05, 3.63) is 59.1 Å². The number of sulfonamides is 1. The summed E-state index contributed by atoms with van der Waals surface area (Å²) in [6.45, 7) is 1.52. The Hall–Kier alpha value is -2.58. The summed E-state index contributed by atoms with van der Waals surface area (Å²) in [4.78, 5) is 26.9. The molecule has 3 rings (SSSR count). The van der Waals surface area contributed by atoms with E-state index in [1.807, 2.05) is 0 Å². The smallest absolute Gasteiger partial charge is 0.338 e. The van der Waals surface area contributed by atoms with Crippen LogP contribution < -0.4 is 4.31 Å². The largest absolute Gasteiger partial charge is 0.449 e. The van der Waals surface area contributed by atoms with Crippen molar-refractivity contribution in [2.24, 2.45) is 0 Å². The number of benzene rings is 2. The summed E-state index contributed by atoms with van der Waals surface area (Å²) in [5.41, 5.74) is 0.450. The number of carbonyl (C=O) groups is 2. The highest BCUT2D eigenvalue weighted by Crippen LogP contribution is 2.29. The quantitative estimate of drug-likeness (QED) is 0.531. The molecule has 1 aliphatic carbocycles. The minimum atomic E-state index is -4.03. The summed E-state index contributed by atoms with van der Waals surface area (Å²) >= 11 is 6.18. The van der Waals surface area contributed by atoms with Crippen LogP contribution in [0.1, 0.15) is 49.4 Å². The fraction of sp³-hybridized carbons (Fsp3) is 0.417. The third-order valence-corrected chi connectivity index (χ3v) is 8.29. The number of esters is 1. The molecule has 178 valence electrons. The van der Waals surface area contributed by atoms with E-state index in [-0.39, 0.29) is 27.4 Å². The van der Waals surface area contributed by atoms with Crippen LogP contribution in [0.15, 0.2) is 53.4 Å². The highest BCUT2D eigenvalue weighted by atomic mass is 35.5. The number of nitrogens with zero attached hydrogens (tertiary/aromatic N) is 2. The van der Waals surface area contributed by atoms with Crippen LogP contribution in [0.2, 0.25) is 5.02 Å². The van der Waals surface area contributed by atoms with Crippen LogP contribution in [0.3, 0.4) is 0 Å². The molecule has 1 aliphatic rings. The number of amides is 1. The number of hydrogen-bond acceptors (Lipinski definition) is 5. The van der Waals surface area contributed by atoms with E-state index >= 15 is 0 Å². The second-order valence-corrected chi connectivity index (χ2v) is 10.6. The molecule has 1 amide bonds. The Kier molecular flexibility index (Phi) is 8.02. The number of carbonyl (C=O) groups excluding carboxylic acids is 2. The normalized spacial score (nSPS) is 15.5. The summed E-state index contributed by atoms with van der Waals surface area (Å²) in [5.74, 6) is -1.07. The van der Waals surface area contributed by atoms with Gasteiger partial charge in [-0.25, -0.2) is 13.2 Å². The molecule has 1 saturated carbocycles. The maximum atomic E-state index is 13.2. The van der Waals surface area contributed by atoms with Gasteiger partial charge < -0.3 is 9.64 Å². The van der Waals surface area contributed by atoms with Crippen molar-refractivity contribution >= 4 is 39.2 Å². The SMILES string of the molecule is C[C@H](OC(=O)c1ccc(Cl)c(S(=O)(=O)N(C)c2ccccc2)c1)C(=O)N(C)C1CCCCC1. The monoisotopic (exact) mass is 492 g/mol. The third-order valence-electron chi connectivity index (χ3n) is 6.03. The van der Waals surface area contributed by atoms with Crippen molar-refractivity contribution in [2.45, 2.75) is 56.1 Å². The van der Waals surface area contributed by atoms with Crippen molar-refractivity contribution in [3.63, 3.8) is 0 Å². The predicted molar refractivity (Wildman–Crippen MR) is 128 cm³/mol. The first-order valence-corrected chi connectivity index (χ1v) is 12.8. The number of halogens is 1. The molecule has 2 aromatic carbocycles. The van der Waals surface area contributed by atoms with Gasteiger partial charge in [0.15, 0.2) is 6.10 Å². The Morgan fingerprint density at radius 3 is 2.30 bits per heavy atom. The van der Waals surface area contributed by atoms with Crippen molar-refractivity contribution < 1.29 is 22.7 Å². The average Bonchev–Trinajstić information content (AvgIpc) is 2.83. The first-order chi connectivity index (χ1) is 15.6. The minimum Gasteiger partial charge on any atom is -0.449 e. The lowest BCUT2D eigenvalue weighted by Crippen LogP contribution is -2.44. The van der Waals surface area contributed by atoms with Gasteiger partial charge in [0.1, 0.15) is 4.90 Å². The topological polar surface area (TPSA) is 84.0 Å². The molecule has 0 aromatic heterocycles. The van der Waals surface area contributed by atoms with E-state index in [1.165, 1.54) is 38.6 Å². The zero-order chi connectivity index (χ0) is 24.2. The van der Waals surface area contributed by atoms with Gasteiger partial charge in [0.25, 0.3) is 15.9 Å². The molecule has 0 aliphatic heterocycles. The van der Waals surface area contributed by atoms with Gasteiger partial charge >= 0.3 is 5.97 Å². The number of rotatable bonds is 7. The van der Waals surface area contributed by atoms with Crippen molar-refractivity contribution in [3.8, 4) is 0 Å². The van der Waals surface area contributed by atoms with Gasteiger partial charge in [0, 0.05) is 20.1 Å². The number of para-hydroxylation sites is 1. The standard InChI is InChI=1S/C24H29ClN2O5S/c1-17(23(28)26(2)19-10-6-4-7-11-19)32-24(29)18-14-15-21(25)22(16-18)33(30,31)27(3)20-12-8-5-9-13-20/h5,8-9,12-17,19H,4,6-7,10-11H2,1-3H3/t17-/m0/s1. The fourth-order valence-corrected chi connectivity index (χ4v) is 5.66. The van der Waals surface area contributed by atoms with Gasteiger partial charge in [-0.05, 0) is 50.1 Å². The molecule has 1 fully saturated rings. The molecule has 0 heterocycles. The Morgan fingerprint density at radius 1 is 1.03 bits per heavy atom. The summed E-state index contributed by atoms with van der Waals surface area (Å²) in [5, 5.41) is -0.0181. The van der Waals surface area contributed by atoms with E-state index in [2.05, 4.69) is 0 Å². The van der Waals surface area contributed by atoms with Gasteiger partial charge in [-0.15, -0.1) is 0 Å². The molecule has 0 radical (unpaired) electrons. The van der Waals surface area contributed by atoms with Crippen LogP contribution in [0.4, 0.5) is 5.69 Å². The van der Waals surface area contributed by atoms with Crippen molar-refractivity contribution in [1.29, 1.82) is 0 Å². The number of ether oxygens (including phenoxy) is 1. The van der Waals surface area contributed by atoms with Gasteiger partial charge in [0.05, 0.1) is 16.3 Å². The number of likely N-dealkylation sites (N-methyl/N-ethyl adjacent to an activating group) is 1. The van der Waals surface area contributed by atoms with Crippen molar-refractivity contribution in [2.75, 3.05) is 18.4 Å². The Bertz CT molecular complexity index is 1100. The number of hydrogen-bond donors (Lipinski definition) is 0. The van der Waals surface area contributed by atoms with Crippen LogP contribution >= 0.6 is 11.6 Å². The highest BCUT2D eigenvalue weighted by Gasteiger charge is 2.29. The van der Waals surface area contributed by atoms with Crippen molar-refractivity contribution in [1.82, 2.24) is 4.90 Å². The molecule has 0 bridgehead atoms. The van der Waals surface area contributed by atoms with E-state index in [9.17, 15) is 18.0 Å². The Labute approximate surface area is 200 Å². The number of anilines is 1. The van der Waals surface area contributed by atoms with E-state index in [1.54, 1.807) is 42.3 Å². The Morgan fingerprint density at radius 2 is 1.67 bits per heavy atom. The molecule has 1 atom stereocenters. The fourth-order valence-electron chi connectivity index (χ4n) is 3.97. The first-order valence-electron chi connectivity index (χ1n) is 10.9. The van der Waals surface area contributed by atoms with Gasteiger partial charge in [-0.3, -0.25) is 9.10 Å². The molecule has 0 spiro atoms. The van der Waals surface area contributed by atoms with E-state index < -0.39 is 22.1 Å². The molecular formula is C24H29ClN2O5S. The molecule has 0 saturated heterocycles. The zero-order valence-electron chi connectivity index (χ0n) is 19.0. The van der Waals surface area contributed by atoms with Crippen LogP contribution in [0, 0.1) is 0 Å². The molecule has 9 heteroatoms. The molecular weight excluding hydrogens is 464 g/mol. The predicted octanol–water partition coefficient (Wildman–Crippen LogP) is 4.50. The molecule has 0 unspecified atom stereocenters. The van der Waals surface area contributed by atoms with Crippen LogP contribution in [0.25, 0.3) is 0 Å². The van der Waals surface area contributed by atoms with E-state index in [0.29, 0.717) is 5.69 Å². The van der Waals surface area contributed by atoms with Crippen LogP contribution in [-0.2, 0) is 19.6 Å². The molecule has 2 aromatic rings. The summed E-state index contributed by atoms with van der Waals surface area (Å²) < 4.78 is 32.8. The highest BCUT2D eigenvalue weighted by molar-refractivity contribution is 7.93. The summed E-state index contributed by atoms with van der Waals surface area (Å²) in [6.07, 6.45) is 4.22. The molecule has 33 heavy (non-hydrogen) atoms. The van der Waals surface area contributed by atoms with Gasteiger partial charge in [-0.1, -0.05) is 49.1 Å². The van der Waals surface area contributed by atoms with E-state index in [0.717, 1.165) is 30.0 Å². The first kappa shape index (κ1) is 25.1. The molecule has 0 N–H and O–H groups in total. The maximum absolute atomic E-state index is 13.2. The molecule has 7 nitrogen and oxygen atoms in total. The lowest BCUT2D eigenvalue weighted by atomic mass is 9.94. The van der Waals surface area contributed by atoms with Crippen LogP contribution in [0.5, 0.6) is 0 Å². The van der Waals surface area contributed by atoms with Gasteiger partial charge in [0.2, 0.25) is 0 Å². The average molecular weight is 493 g/mol. The third kappa shape index (κ3) is 5.68. The zero-order valence-corrected chi connectivity index (χ0v) is 20.6. The van der Waals surface area contributed by atoms with E-state index in [4.69, 9.17) is 16.3 Å². The Balaban J connectivity index is 1.76. The lowest BCUT2D eigenvalue weighted by molar-refractivity contribution is -0.141. The minimum absolute atomic E-state index is 0.000550. The van der Waals surface area contributed by atoms with Gasteiger partial charge in [-0.2, -0.15) is 0 Å². The summed E-state index contributed by atoms with van der Waals surface area (Å²) in [6, 6.07) is 12.6. The maximum Gasteiger partial charge on any atom is 0.338 e. The lowest BCUT2D eigenvalue weighted by Gasteiger charge is -2.32. The second-order valence-electron chi connectivity index (χ2n) is 8.24. The second kappa shape index (κ2) is 10.6. The summed E-state index contributed by atoms with van der Waals surface area (Å²) in [7, 11) is -0.891.